The number of aliphatic hydroxyl groups excluding tert-OH is 1. The first-order valence-corrected chi connectivity index (χ1v) is 24.6. The molecule has 0 radical (unpaired) electrons. The van der Waals surface area contributed by atoms with Gasteiger partial charge in [0.1, 0.15) is 0 Å². The minimum atomic E-state index is -4.15. The van der Waals surface area contributed by atoms with Crippen molar-refractivity contribution < 1.29 is 23.0 Å². The second-order valence-corrected chi connectivity index (χ2v) is 20.4. The minimum Gasteiger partial charge on any atom is -0.393 e. The third-order valence-electron chi connectivity index (χ3n) is 16.3. The molecule has 0 spiro atoms. The van der Waals surface area contributed by atoms with Gasteiger partial charge in [-0.3, -0.25) is 0 Å². The molecule has 4 nitrogen and oxygen atoms in total. The topological polar surface area (TPSA) is 58.7 Å². The van der Waals surface area contributed by atoms with Gasteiger partial charge in [0.25, 0.3) is 0 Å². The van der Waals surface area contributed by atoms with E-state index in [0.717, 1.165) is 103 Å². The highest BCUT2D eigenvalue weighted by Gasteiger charge is 2.48. The summed E-state index contributed by atoms with van der Waals surface area (Å²) in [7, 11) is 0. The number of hydrogen-bond donors (Lipinski definition) is 2. The van der Waals surface area contributed by atoms with Crippen molar-refractivity contribution >= 4 is 0 Å². The highest BCUT2D eigenvalue weighted by Crippen LogP contribution is 2.47. The standard InChI is InChI=1S/C51H85F3N2O2/c1-5-12-42(16-9-7-8-14-39-15-11-31-58-32-28-39)43-23-22-41(6-2)44(25-24-43)35-49(55)47-34-45(20-17-38(47)4)50(57)26-19-40-18-21-46(48(33-40)51(52,53)54)36-56-29-10-13-37(3)27-30-56/h1,14,25,37-38,40-43,45-50,57H,6-13,15-24,26-36,55H2,2-4H3. The van der Waals surface area contributed by atoms with Crippen molar-refractivity contribution in [2.75, 3.05) is 32.8 Å². The van der Waals surface area contributed by atoms with Crippen LogP contribution in [0, 0.1) is 71.5 Å². The van der Waals surface area contributed by atoms with Crippen LogP contribution in [-0.2, 0) is 4.74 Å². The zero-order valence-corrected chi connectivity index (χ0v) is 37.2. The largest absolute Gasteiger partial charge is 0.393 e. The molecule has 12 unspecified atom stereocenters. The summed E-state index contributed by atoms with van der Waals surface area (Å²) in [6, 6.07) is 0.0627. The summed E-state index contributed by atoms with van der Waals surface area (Å²) in [4.78, 5) is 2.32. The number of rotatable bonds is 17. The molecule has 58 heavy (non-hydrogen) atoms. The number of nitrogens with zero attached hydrogens (tertiary/aromatic N) is 1. The molecule has 2 saturated carbocycles. The Hall–Kier alpha value is -1.33. The normalized spacial score (nSPS) is 34.6. The summed E-state index contributed by atoms with van der Waals surface area (Å²) in [5.74, 6) is 5.07. The Morgan fingerprint density at radius 2 is 1.79 bits per heavy atom. The average Bonchev–Trinajstić information content (AvgIpc) is 3.68. The van der Waals surface area contributed by atoms with E-state index in [0.29, 0.717) is 61.3 Å². The van der Waals surface area contributed by atoms with Crippen LogP contribution in [0.15, 0.2) is 23.3 Å². The van der Waals surface area contributed by atoms with Crippen LogP contribution in [0.5, 0.6) is 0 Å². The lowest BCUT2D eigenvalue weighted by Gasteiger charge is -2.41. The SMILES string of the molecule is C#CCC(CCCCC=C1CCCOCC1)C1CC=C(CC(N)C2CC(C(O)CCC3CCC(CN4CCCC(C)CC4)C(C(F)(F)F)C3)CCC2C)C(CC)CC1. The van der Waals surface area contributed by atoms with Gasteiger partial charge in [0, 0.05) is 25.6 Å². The van der Waals surface area contributed by atoms with Gasteiger partial charge >= 0.3 is 6.18 Å². The quantitative estimate of drug-likeness (QED) is 0.0872. The van der Waals surface area contributed by atoms with E-state index in [2.05, 4.69) is 43.7 Å². The first-order chi connectivity index (χ1) is 27.9. The number of likely N-dealkylation sites (tertiary alicyclic amines) is 1. The Labute approximate surface area is 353 Å². The Bertz CT molecular complexity index is 1280. The number of unbranched alkanes of at least 4 members (excludes halogenated alkanes) is 2. The third-order valence-corrected chi connectivity index (χ3v) is 16.3. The number of allylic oxidation sites excluding steroid dienone is 2. The summed E-state index contributed by atoms with van der Waals surface area (Å²) in [5.41, 5.74) is 10.3. The Morgan fingerprint density at radius 3 is 2.59 bits per heavy atom. The maximum absolute atomic E-state index is 14.5. The van der Waals surface area contributed by atoms with E-state index in [9.17, 15) is 18.3 Å². The molecule has 2 saturated heterocycles. The van der Waals surface area contributed by atoms with Crippen LogP contribution in [0.25, 0.3) is 0 Å². The van der Waals surface area contributed by atoms with Gasteiger partial charge in [-0.2, -0.15) is 13.2 Å². The molecule has 12 atom stereocenters. The van der Waals surface area contributed by atoms with Crippen molar-refractivity contribution in [3.8, 4) is 12.3 Å². The molecule has 4 fully saturated rings. The maximum atomic E-state index is 14.5. The van der Waals surface area contributed by atoms with Crippen molar-refractivity contribution in [2.24, 2.45) is 64.9 Å². The summed E-state index contributed by atoms with van der Waals surface area (Å²) >= 11 is 0. The number of ether oxygens (including phenoxy) is 1. The van der Waals surface area contributed by atoms with E-state index in [4.69, 9.17) is 16.9 Å². The first kappa shape index (κ1) is 47.7. The molecule has 0 aromatic carbocycles. The zero-order valence-electron chi connectivity index (χ0n) is 37.2. The second kappa shape index (κ2) is 24.3. The predicted octanol–water partition coefficient (Wildman–Crippen LogP) is 12.7. The molecule has 3 aliphatic carbocycles. The van der Waals surface area contributed by atoms with Crippen LogP contribution >= 0.6 is 0 Å². The molecule has 332 valence electrons. The van der Waals surface area contributed by atoms with Gasteiger partial charge in [-0.05, 0) is 195 Å². The number of nitrogens with two attached hydrogens (primary N) is 1. The smallest absolute Gasteiger partial charge is 0.392 e. The van der Waals surface area contributed by atoms with Crippen molar-refractivity contribution in [3.05, 3.63) is 23.3 Å². The monoisotopic (exact) mass is 815 g/mol. The molecule has 3 N–H and O–H groups in total. The third kappa shape index (κ3) is 14.9. The van der Waals surface area contributed by atoms with Crippen molar-refractivity contribution in [1.29, 1.82) is 0 Å². The van der Waals surface area contributed by atoms with E-state index in [-0.39, 0.29) is 30.2 Å². The molecule has 0 aromatic heterocycles. The van der Waals surface area contributed by atoms with E-state index < -0.39 is 18.2 Å². The van der Waals surface area contributed by atoms with Crippen molar-refractivity contribution in [3.63, 3.8) is 0 Å². The number of alkyl halides is 3. The Kier molecular flexibility index (Phi) is 20.0. The molecule has 5 aliphatic rings. The van der Waals surface area contributed by atoms with Crippen LogP contribution in [0.2, 0.25) is 0 Å². The Balaban J connectivity index is 1.09. The molecule has 0 amide bonds. The number of terminal acetylenes is 1. The van der Waals surface area contributed by atoms with E-state index in [1.54, 1.807) is 11.1 Å². The fourth-order valence-electron chi connectivity index (χ4n) is 12.3. The van der Waals surface area contributed by atoms with Crippen LogP contribution in [-0.4, -0.2) is 61.2 Å². The number of aliphatic hydroxyl groups is 1. The zero-order chi connectivity index (χ0) is 41.5. The highest BCUT2D eigenvalue weighted by atomic mass is 19.4. The first-order valence-electron chi connectivity index (χ1n) is 24.6. The summed E-state index contributed by atoms with van der Waals surface area (Å²) < 4.78 is 49.0. The lowest BCUT2D eigenvalue weighted by atomic mass is 9.67. The fraction of sp³-hybridized carbons (Fsp3) is 0.882. The molecule has 0 aromatic rings. The van der Waals surface area contributed by atoms with Crippen molar-refractivity contribution in [2.45, 2.75) is 193 Å². The molecular weight excluding hydrogens is 730 g/mol. The highest BCUT2D eigenvalue weighted by molar-refractivity contribution is 5.13. The lowest BCUT2D eigenvalue weighted by molar-refractivity contribution is -0.202. The van der Waals surface area contributed by atoms with Gasteiger partial charge < -0.3 is 20.5 Å². The van der Waals surface area contributed by atoms with Gasteiger partial charge in [-0.15, -0.1) is 12.3 Å². The molecule has 5 rings (SSSR count). The Morgan fingerprint density at radius 1 is 0.966 bits per heavy atom. The van der Waals surface area contributed by atoms with Gasteiger partial charge in [-0.25, -0.2) is 0 Å². The van der Waals surface area contributed by atoms with Gasteiger partial charge in [0.05, 0.1) is 18.6 Å². The molecule has 0 bridgehead atoms. The number of hydrogen-bond acceptors (Lipinski definition) is 4. The van der Waals surface area contributed by atoms with Crippen molar-refractivity contribution in [1.82, 2.24) is 4.90 Å². The maximum Gasteiger partial charge on any atom is 0.392 e. The number of halogens is 3. The molecule has 2 aliphatic heterocycles. The summed E-state index contributed by atoms with van der Waals surface area (Å²) in [5, 5.41) is 11.6. The van der Waals surface area contributed by atoms with E-state index >= 15 is 0 Å². The van der Waals surface area contributed by atoms with E-state index in [1.807, 2.05) is 0 Å². The van der Waals surface area contributed by atoms with Crippen LogP contribution in [0.1, 0.15) is 175 Å². The predicted molar refractivity (Wildman–Crippen MR) is 235 cm³/mol. The minimum absolute atomic E-state index is 0.0453. The summed E-state index contributed by atoms with van der Waals surface area (Å²) in [6.07, 6.45) is 30.6. The second-order valence-electron chi connectivity index (χ2n) is 20.4. The van der Waals surface area contributed by atoms with Crippen LogP contribution in [0.4, 0.5) is 13.2 Å². The average molecular weight is 815 g/mol. The fourth-order valence-corrected chi connectivity index (χ4v) is 12.3. The summed E-state index contributed by atoms with van der Waals surface area (Å²) in [6.45, 7) is 11.2. The lowest BCUT2D eigenvalue weighted by Crippen LogP contribution is -2.43. The molecule has 7 heteroatoms. The molecular formula is C51H85F3N2O2. The van der Waals surface area contributed by atoms with Gasteiger partial charge in [0.15, 0.2) is 0 Å². The van der Waals surface area contributed by atoms with Gasteiger partial charge in [0.2, 0.25) is 0 Å². The van der Waals surface area contributed by atoms with Crippen LogP contribution in [0.3, 0.4) is 0 Å². The van der Waals surface area contributed by atoms with Crippen LogP contribution < -0.4 is 5.73 Å². The van der Waals surface area contributed by atoms with E-state index in [1.165, 1.54) is 51.4 Å². The van der Waals surface area contributed by atoms with Gasteiger partial charge in [-0.1, -0.05) is 63.3 Å². The molecule has 2 heterocycles.